The Morgan fingerprint density at radius 1 is 0.292 bits per heavy atom. The van der Waals surface area contributed by atoms with Gasteiger partial charge in [-0.1, -0.05) is 265 Å². The summed E-state index contributed by atoms with van der Waals surface area (Å²) >= 11 is 0. The molecule has 0 aromatic carbocycles. The van der Waals surface area contributed by atoms with Crippen LogP contribution in [0.5, 0.6) is 0 Å². The van der Waals surface area contributed by atoms with Crippen molar-refractivity contribution in [1.82, 2.24) is 0 Å². The van der Waals surface area contributed by atoms with E-state index in [0.717, 1.165) is 83.5 Å². The molecule has 0 aromatic heterocycles. The second kappa shape index (κ2) is 57.1. The van der Waals surface area contributed by atoms with Gasteiger partial charge in [0.15, 0.2) is 6.10 Å². The monoisotopic (exact) mass is 979 g/mol. The first-order valence-corrected chi connectivity index (χ1v) is 26.6. The van der Waals surface area contributed by atoms with Gasteiger partial charge in [-0.15, -0.1) is 0 Å². The molecule has 0 aromatic rings. The Labute approximate surface area is 437 Å². The van der Waals surface area contributed by atoms with E-state index >= 15 is 0 Å². The third-order valence-electron chi connectivity index (χ3n) is 9.79. The second-order valence-corrected chi connectivity index (χ2v) is 16.3. The van der Waals surface area contributed by atoms with Gasteiger partial charge < -0.3 is 14.2 Å². The van der Waals surface area contributed by atoms with E-state index in [1.807, 2.05) is 158 Å². The lowest BCUT2D eigenvalue weighted by atomic mass is 10.1. The fourth-order valence-electron chi connectivity index (χ4n) is 5.93. The normalized spacial score (nSPS) is 14.0. The van der Waals surface area contributed by atoms with E-state index in [-0.39, 0.29) is 38.4 Å². The molecule has 0 saturated heterocycles. The van der Waals surface area contributed by atoms with Crippen LogP contribution in [0.15, 0.2) is 231 Å². The van der Waals surface area contributed by atoms with Gasteiger partial charge >= 0.3 is 17.9 Å². The molecule has 72 heavy (non-hydrogen) atoms. The highest BCUT2D eigenvalue weighted by Gasteiger charge is 2.19. The Bertz CT molecular complexity index is 1940. The zero-order valence-corrected chi connectivity index (χ0v) is 44.3. The molecular formula is C66H90O6. The fourth-order valence-corrected chi connectivity index (χ4v) is 5.93. The predicted molar refractivity (Wildman–Crippen MR) is 310 cm³/mol. The Balaban J connectivity index is 4.78. The molecule has 0 rings (SSSR count). The molecule has 1 atom stereocenters. The molecule has 0 aliphatic heterocycles. The van der Waals surface area contributed by atoms with E-state index in [4.69, 9.17) is 14.2 Å². The van der Waals surface area contributed by atoms with Gasteiger partial charge in [-0.2, -0.15) is 0 Å². The van der Waals surface area contributed by atoms with Crippen molar-refractivity contribution in [3.05, 3.63) is 231 Å². The number of hydrogen-bond acceptors (Lipinski definition) is 6. The highest BCUT2D eigenvalue weighted by atomic mass is 16.6. The van der Waals surface area contributed by atoms with Crippen molar-refractivity contribution in [3.8, 4) is 0 Å². The van der Waals surface area contributed by atoms with Crippen molar-refractivity contribution in [2.24, 2.45) is 0 Å². The molecule has 0 N–H and O–H groups in total. The minimum atomic E-state index is -0.869. The van der Waals surface area contributed by atoms with E-state index in [9.17, 15) is 14.4 Å². The number of hydrogen-bond donors (Lipinski definition) is 0. The number of ether oxygens (including phenoxy) is 3. The summed E-state index contributed by atoms with van der Waals surface area (Å²) < 4.78 is 16.7. The summed E-state index contributed by atoms with van der Waals surface area (Å²) in [4.78, 5) is 38.1. The topological polar surface area (TPSA) is 78.9 Å². The standard InChI is InChI=1S/C66H90O6/c1-4-7-10-13-16-19-22-25-28-31-33-35-38-41-44-47-50-53-56-59-65(68)71-62-63(61-70-64(67)58-55-52-49-46-43-40-37-30-27-24-21-18-15-12-9-6-3)72-66(69)60-57-54-51-48-45-42-39-36-34-32-29-26-23-20-17-14-11-8-5-2/h7-14,16-23,25-36,38-45,49,52,63H,4-6,15,24,37,46-48,50-51,53-62H2,1-3H3/b10-7-,11-8-,12-9-,16-13-,17-14-,21-18-,22-19-,23-20-,28-25-,29-26-,30-27-,33-31+,34-32+,38-35-,39-36-,43-40-,44-41-,45-42-,52-49-. The molecule has 0 aliphatic rings. The van der Waals surface area contributed by atoms with Crippen LogP contribution in [0, 0.1) is 0 Å². The van der Waals surface area contributed by atoms with Gasteiger partial charge in [0.1, 0.15) is 13.2 Å². The quantitative estimate of drug-likeness (QED) is 0.0199. The van der Waals surface area contributed by atoms with Crippen LogP contribution < -0.4 is 0 Å². The van der Waals surface area contributed by atoms with E-state index < -0.39 is 18.0 Å². The highest BCUT2D eigenvalue weighted by molar-refractivity contribution is 5.71. The van der Waals surface area contributed by atoms with Crippen molar-refractivity contribution in [3.63, 3.8) is 0 Å². The molecule has 0 saturated carbocycles. The molecule has 0 radical (unpaired) electrons. The van der Waals surface area contributed by atoms with Gasteiger partial charge in [0, 0.05) is 19.3 Å². The molecule has 0 heterocycles. The van der Waals surface area contributed by atoms with Crippen LogP contribution in [0.2, 0.25) is 0 Å². The summed E-state index contributed by atoms with van der Waals surface area (Å²) in [5.41, 5.74) is 0. The summed E-state index contributed by atoms with van der Waals surface area (Å²) in [6.45, 7) is 6.04. The maximum atomic E-state index is 12.8. The van der Waals surface area contributed by atoms with Gasteiger partial charge in [-0.3, -0.25) is 14.4 Å². The summed E-state index contributed by atoms with van der Waals surface area (Å²) in [5.74, 6) is -1.16. The molecule has 0 aliphatic carbocycles. The Kier molecular flexibility index (Phi) is 51.9. The van der Waals surface area contributed by atoms with Gasteiger partial charge in [-0.05, 0) is 89.9 Å². The lowest BCUT2D eigenvalue weighted by molar-refractivity contribution is -0.166. The smallest absolute Gasteiger partial charge is 0.306 e. The minimum absolute atomic E-state index is 0.160. The van der Waals surface area contributed by atoms with Gasteiger partial charge in [-0.25, -0.2) is 0 Å². The molecule has 390 valence electrons. The molecule has 1 unspecified atom stereocenters. The van der Waals surface area contributed by atoms with Crippen molar-refractivity contribution in [1.29, 1.82) is 0 Å². The number of rotatable bonds is 43. The van der Waals surface area contributed by atoms with E-state index in [1.165, 1.54) is 0 Å². The summed E-state index contributed by atoms with van der Waals surface area (Å²) in [5, 5.41) is 0. The number of carbonyl (C=O) groups excluding carboxylic acids is 3. The van der Waals surface area contributed by atoms with Crippen LogP contribution in [-0.2, 0) is 28.6 Å². The van der Waals surface area contributed by atoms with Crippen LogP contribution in [-0.4, -0.2) is 37.2 Å². The van der Waals surface area contributed by atoms with Gasteiger partial charge in [0.25, 0.3) is 0 Å². The first-order chi connectivity index (χ1) is 35.5. The zero-order chi connectivity index (χ0) is 52.2. The first kappa shape index (κ1) is 65.5. The van der Waals surface area contributed by atoms with Gasteiger partial charge in [0.2, 0.25) is 0 Å². The Morgan fingerprint density at radius 3 is 0.972 bits per heavy atom. The largest absolute Gasteiger partial charge is 0.462 e. The third kappa shape index (κ3) is 54.4. The highest BCUT2D eigenvalue weighted by Crippen LogP contribution is 2.10. The SMILES string of the molecule is CC\C=C/C=C\C=C/C=C\C=C\C=C/C=C\CCCCCC(=O)OCC(COC(=O)CC/C=C\C/C=C\C/C=C\C/C=C\C/C=C\CC)OC(=O)CCCCC\C=C/C=C\C=C\C=C/C=C\C=C/C=C\CC. The van der Waals surface area contributed by atoms with Crippen molar-refractivity contribution >= 4 is 17.9 Å². The number of carbonyl (C=O) groups is 3. The summed E-state index contributed by atoms with van der Waals surface area (Å²) in [6, 6.07) is 0. The fraction of sp³-hybridized carbons (Fsp3) is 0.379. The molecule has 0 bridgehead atoms. The summed E-state index contributed by atoms with van der Waals surface area (Å²) in [7, 11) is 0. The number of allylic oxidation sites excluding steroid dienone is 38. The Morgan fingerprint density at radius 2 is 0.597 bits per heavy atom. The summed E-state index contributed by atoms with van der Waals surface area (Å²) in [6.07, 6.45) is 91.7. The lowest BCUT2D eigenvalue weighted by Crippen LogP contribution is -2.30. The minimum Gasteiger partial charge on any atom is -0.462 e. The molecule has 0 spiro atoms. The maximum absolute atomic E-state index is 12.8. The third-order valence-corrected chi connectivity index (χ3v) is 9.79. The predicted octanol–water partition coefficient (Wildman–Crippen LogP) is 18.0. The van der Waals surface area contributed by atoms with E-state index in [2.05, 4.69) is 93.7 Å². The lowest BCUT2D eigenvalue weighted by Gasteiger charge is -2.18. The second-order valence-electron chi connectivity index (χ2n) is 16.3. The molecule has 0 fully saturated rings. The Hall–Kier alpha value is -6.53. The van der Waals surface area contributed by atoms with Crippen molar-refractivity contribution in [2.75, 3.05) is 13.2 Å². The van der Waals surface area contributed by atoms with Crippen LogP contribution in [0.25, 0.3) is 0 Å². The van der Waals surface area contributed by atoms with Crippen molar-refractivity contribution < 1.29 is 28.6 Å². The molecule has 0 amide bonds. The average Bonchev–Trinajstić information content (AvgIpc) is 3.38. The van der Waals surface area contributed by atoms with Gasteiger partial charge in [0.05, 0.1) is 0 Å². The number of esters is 3. The van der Waals surface area contributed by atoms with Crippen LogP contribution in [0.4, 0.5) is 0 Å². The average molecular weight is 979 g/mol. The van der Waals surface area contributed by atoms with Crippen molar-refractivity contribution in [2.45, 2.75) is 149 Å². The zero-order valence-electron chi connectivity index (χ0n) is 44.3. The molecule has 6 nitrogen and oxygen atoms in total. The van der Waals surface area contributed by atoms with Crippen LogP contribution >= 0.6 is 0 Å². The maximum Gasteiger partial charge on any atom is 0.306 e. The van der Waals surface area contributed by atoms with Crippen LogP contribution in [0.1, 0.15) is 143 Å². The molecule has 6 heteroatoms. The first-order valence-electron chi connectivity index (χ1n) is 26.6. The van der Waals surface area contributed by atoms with E-state index in [0.29, 0.717) is 19.3 Å². The number of unbranched alkanes of at least 4 members (excludes halogenated alkanes) is 6. The van der Waals surface area contributed by atoms with E-state index in [1.54, 1.807) is 0 Å². The van der Waals surface area contributed by atoms with Crippen LogP contribution in [0.3, 0.4) is 0 Å². The molecular weight excluding hydrogens is 889 g/mol.